The average Bonchev–Trinajstić information content (AvgIpc) is 3.29. The maximum atomic E-state index is 12.5. The molecule has 6 heteroatoms. The number of hydrogen-bond acceptors (Lipinski definition) is 5. The number of hydrogen-bond donors (Lipinski definition) is 3. The SMILES string of the molecule is CCCCC/C=C\C/C=C\CCCCCCCCCC(=O)OCCCC/C=C\CCCCCCC(=O)NC(CO)C(O)CCCCCCCCCCCCCCCCCCCCCC. The first kappa shape index (κ1) is 62.1. The molecule has 0 radical (unpaired) electrons. The third-order valence-electron chi connectivity index (χ3n) is 12.9. The first-order valence-electron chi connectivity index (χ1n) is 28.2. The molecule has 0 heterocycles. The van der Waals surface area contributed by atoms with Crippen LogP contribution >= 0.6 is 0 Å². The van der Waals surface area contributed by atoms with Gasteiger partial charge in [0.05, 0.1) is 25.4 Å². The summed E-state index contributed by atoms with van der Waals surface area (Å²) in [5.74, 6) is -0.114. The number of aliphatic hydroxyl groups is 2. The smallest absolute Gasteiger partial charge is 0.305 e. The van der Waals surface area contributed by atoms with E-state index in [1.807, 2.05) is 0 Å². The number of ether oxygens (including phenoxy) is 1. The lowest BCUT2D eigenvalue weighted by Gasteiger charge is -2.22. The van der Waals surface area contributed by atoms with Crippen LogP contribution in [0.1, 0.15) is 296 Å². The number of esters is 1. The van der Waals surface area contributed by atoms with E-state index >= 15 is 0 Å². The van der Waals surface area contributed by atoms with Crippen molar-refractivity contribution in [3.05, 3.63) is 36.5 Å². The molecule has 0 aromatic carbocycles. The van der Waals surface area contributed by atoms with Crippen LogP contribution in [0.15, 0.2) is 36.5 Å². The van der Waals surface area contributed by atoms with Gasteiger partial charge in [-0.3, -0.25) is 9.59 Å². The van der Waals surface area contributed by atoms with Crippen molar-refractivity contribution in [2.75, 3.05) is 13.2 Å². The molecule has 0 rings (SSSR count). The van der Waals surface area contributed by atoms with Gasteiger partial charge in [-0.15, -0.1) is 0 Å². The average molecular weight is 901 g/mol. The summed E-state index contributed by atoms with van der Waals surface area (Å²) in [5, 5.41) is 23.3. The molecule has 0 bridgehead atoms. The number of rotatable bonds is 52. The summed E-state index contributed by atoms with van der Waals surface area (Å²) in [6.45, 7) is 4.85. The van der Waals surface area contributed by atoms with E-state index in [0.717, 1.165) is 83.5 Å². The van der Waals surface area contributed by atoms with Crippen LogP contribution in [0.2, 0.25) is 0 Å². The van der Waals surface area contributed by atoms with E-state index in [1.54, 1.807) is 0 Å². The monoisotopic (exact) mass is 900 g/mol. The zero-order valence-electron chi connectivity index (χ0n) is 42.8. The third kappa shape index (κ3) is 49.5. The summed E-state index contributed by atoms with van der Waals surface area (Å²) >= 11 is 0. The Kier molecular flexibility index (Phi) is 52.1. The molecule has 0 fully saturated rings. The Bertz CT molecular complexity index is 1040. The Hall–Kier alpha value is -1.92. The van der Waals surface area contributed by atoms with Crippen molar-refractivity contribution in [2.24, 2.45) is 0 Å². The predicted molar refractivity (Wildman–Crippen MR) is 278 cm³/mol. The summed E-state index contributed by atoms with van der Waals surface area (Å²) in [6.07, 6.45) is 65.6. The molecule has 0 saturated heterocycles. The standard InChI is InChI=1S/C58H109NO5/c1-3-5-7-9-11-13-15-17-19-21-22-23-25-26-28-30-34-38-42-46-50-56(61)55(54-60)59-57(62)51-47-43-39-35-32-33-37-41-45-49-53-64-58(63)52-48-44-40-36-31-29-27-24-20-18-16-14-12-10-8-6-4-2/h12,14,18,20,33,37,55-56,60-61H,3-11,13,15-17,19,21-32,34-36,38-54H2,1-2H3,(H,59,62)/b14-12-,20-18-,37-33-. The predicted octanol–water partition coefficient (Wildman–Crippen LogP) is 17.2. The Labute approximate surface area is 398 Å². The van der Waals surface area contributed by atoms with Gasteiger partial charge in [0.2, 0.25) is 5.91 Å². The highest BCUT2D eigenvalue weighted by atomic mass is 16.5. The van der Waals surface area contributed by atoms with Crippen molar-refractivity contribution in [1.82, 2.24) is 5.32 Å². The molecule has 0 aromatic rings. The molecule has 0 aromatic heterocycles. The molecule has 2 unspecified atom stereocenters. The number of unbranched alkanes of at least 4 members (excludes halogenated alkanes) is 35. The van der Waals surface area contributed by atoms with Gasteiger partial charge in [-0.25, -0.2) is 0 Å². The number of nitrogens with one attached hydrogen (secondary N) is 1. The Morgan fingerprint density at radius 1 is 0.438 bits per heavy atom. The highest BCUT2D eigenvalue weighted by Crippen LogP contribution is 2.17. The molecule has 0 aliphatic heterocycles. The Morgan fingerprint density at radius 2 is 0.781 bits per heavy atom. The van der Waals surface area contributed by atoms with E-state index in [4.69, 9.17) is 4.74 Å². The third-order valence-corrected chi connectivity index (χ3v) is 12.9. The molecule has 3 N–H and O–H groups in total. The van der Waals surface area contributed by atoms with Crippen molar-refractivity contribution < 1.29 is 24.5 Å². The first-order chi connectivity index (χ1) is 31.5. The fraction of sp³-hybridized carbons (Fsp3) is 0.862. The van der Waals surface area contributed by atoms with Gasteiger partial charge < -0.3 is 20.3 Å². The lowest BCUT2D eigenvalue weighted by molar-refractivity contribution is -0.143. The van der Waals surface area contributed by atoms with Gasteiger partial charge in [0, 0.05) is 12.8 Å². The fourth-order valence-electron chi connectivity index (χ4n) is 8.55. The minimum absolute atomic E-state index is 0.0438. The molecule has 0 saturated carbocycles. The van der Waals surface area contributed by atoms with Crippen LogP contribution in [0.4, 0.5) is 0 Å². The van der Waals surface area contributed by atoms with Crippen molar-refractivity contribution in [3.63, 3.8) is 0 Å². The van der Waals surface area contributed by atoms with Crippen LogP contribution in [-0.2, 0) is 14.3 Å². The van der Waals surface area contributed by atoms with Crippen molar-refractivity contribution in [3.8, 4) is 0 Å². The van der Waals surface area contributed by atoms with E-state index in [1.165, 1.54) is 180 Å². The normalized spacial score (nSPS) is 12.9. The molecule has 64 heavy (non-hydrogen) atoms. The van der Waals surface area contributed by atoms with Crippen LogP contribution in [0, 0.1) is 0 Å². The molecular formula is C58H109NO5. The molecule has 1 amide bonds. The van der Waals surface area contributed by atoms with E-state index in [0.29, 0.717) is 25.9 Å². The number of amides is 1. The summed E-state index contributed by atoms with van der Waals surface area (Å²) in [6, 6.07) is -0.569. The lowest BCUT2D eigenvalue weighted by Crippen LogP contribution is -2.45. The zero-order valence-corrected chi connectivity index (χ0v) is 42.8. The topological polar surface area (TPSA) is 95.9 Å². The van der Waals surface area contributed by atoms with E-state index < -0.39 is 12.1 Å². The molecular weight excluding hydrogens is 791 g/mol. The quantitative estimate of drug-likeness (QED) is 0.0321. The molecule has 0 aliphatic rings. The Morgan fingerprint density at radius 3 is 1.23 bits per heavy atom. The number of carbonyl (C=O) groups excluding carboxylic acids is 2. The van der Waals surface area contributed by atoms with Gasteiger partial charge in [0.1, 0.15) is 0 Å². The lowest BCUT2D eigenvalue weighted by atomic mass is 10.0. The van der Waals surface area contributed by atoms with Crippen LogP contribution in [0.25, 0.3) is 0 Å². The number of carbonyl (C=O) groups is 2. The summed E-state index contributed by atoms with van der Waals surface area (Å²) < 4.78 is 5.44. The number of aliphatic hydroxyl groups excluding tert-OH is 2. The van der Waals surface area contributed by atoms with E-state index in [2.05, 4.69) is 55.6 Å². The van der Waals surface area contributed by atoms with Crippen LogP contribution in [0.3, 0.4) is 0 Å². The van der Waals surface area contributed by atoms with Crippen molar-refractivity contribution in [2.45, 2.75) is 309 Å². The van der Waals surface area contributed by atoms with E-state index in [9.17, 15) is 19.8 Å². The summed E-state index contributed by atoms with van der Waals surface area (Å²) in [7, 11) is 0. The molecule has 376 valence electrons. The van der Waals surface area contributed by atoms with E-state index in [-0.39, 0.29) is 18.5 Å². The zero-order chi connectivity index (χ0) is 46.5. The second-order valence-corrected chi connectivity index (χ2v) is 19.3. The van der Waals surface area contributed by atoms with Gasteiger partial charge >= 0.3 is 5.97 Å². The summed E-state index contributed by atoms with van der Waals surface area (Å²) in [4.78, 5) is 24.5. The molecule has 6 nitrogen and oxygen atoms in total. The van der Waals surface area contributed by atoms with Crippen molar-refractivity contribution >= 4 is 11.9 Å². The number of allylic oxidation sites excluding steroid dienone is 6. The summed E-state index contributed by atoms with van der Waals surface area (Å²) in [5.41, 5.74) is 0. The maximum Gasteiger partial charge on any atom is 0.305 e. The first-order valence-corrected chi connectivity index (χ1v) is 28.2. The van der Waals surface area contributed by atoms with Crippen LogP contribution in [0.5, 0.6) is 0 Å². The largest absolute Gasteiger partial charge is 0.466 e. The second-order valence-electron chi connectivity index (χ2n) is 19.3. The molecule has 0 aliphatic carbocycles. The molecule has 2 atom stereocenters. The molecule has 0 spiro atoms. The van der Waals surface area contributed by atoms with Gasteiger partial charge in [-0.05, 0) is 83.5 Å². The second kappa shape index (κ2) is 53.7. The Balaban J connectivity index is 3.52. The highest BCUT2D eigenvalue weighted by Gasteiger charge is 2.20. The van der Waals surface area contributed by atoms with Gasteiger partial charge in [-0.1, -0.05) is 237 Å². The van der Waals surface area contributed by atoms with Crippen LogP contribution < -0.4 is 5.32 Å². The minimum atomic E-state index is -0.688. The van der Waals surface area contributed by atoms with Gasteiger partial charge in [0.15, 0.2) is 0 Å². The van der Waals surface area contributed by atoms with Crippen molar-refractivity contribution in [1.29, 1.82) is 0 Å². The van der Waals surface area contributed by atoms with Crippen LogP contribution in [-0.4, -0.2) is 47.4 Å². The van der Waals surface area contributed by atoms with Gasteiger partial charge in [-0.2, -0.15) is 0 Å². The highest BCUT2D eigenvalue weighted by molar-refractivity contribution is 5.76. The maximum absolute atomic E-state index is 12.5. The van der Waals surface area contributed by atoms with Gasteiger partial charge in [0.25, 0.3) is 0 Å². The fourth-order valence-corrected chi connectivity index (χ4v) is 8.55. The minimum Gasteiger partial charge on any atom is -0.466 e.